The van der Waals surface area contributed by atoms with Crippen molar-refractivity contribution in [3.05, 3.63) is 29.8 Å². The third-order valence-electron chi connectivity index (χ3n) is 9.34. The smallest absolute Gasteiger partial charge is 0.0605 e. The van der Waals surface area contributed by atoms with Gasteiger partial charge in [0.15, 0.2) is 0 Å². The Morgan fingerprint density at radius 1 is 0.912 bits per heavy atom. The lowest BCUT2D eigenvalue weighted by atomic mass is 9.65. The van der Waals surface area contributed by atoms with E-state index in [1.807, 2.05) is 7.11 Å². The molecular weight excluding hydrogens is 418 g/mol. The topological polar surface area (TPSA) is 19.0 Å². The molecule has 0 atom stereocenters. The van der Waals surface area contributed by atoms with Crippen LogP contribution in [-0.4, -0.2) is 63.9 Å². The molecule has 188 valence electrons. The van der Waals surface area contributed by atoms with Crippen LogP contribution in [0, 0.1) is 5.41 Å². The van der Waals surface area contributed by atoms with E-state index in [2.05, 4.69) is 45.9 Å². The summed E-state index contributed by atoms with van der Waals surface area (Å²) in [5, 5.41) is 0. The second kappa shape index (κ2) is 11.0. The van der Waals surface area contributed by atoms with Crippen LogP contribution < -0.4 is 9.80 Å². The van der Waals surface area contributed by atoms with E-state index in [9.17, 15) is 0 Å². The molecule has 0 unspecified atom stereocenters. The Morgan fingerprint density at radius 3 is 2.32 bits per heavy atom. The molecule has 0 N–H and O–H groups in total. The van der Waals surface area contributed by atoms with Crippen LogP contribution in [0.25, 0.3) is 5.57 Å². The lowest BCUT2D eigenvalue weighted by molar-refractivity contribution is 0.0819. The average Bonchev–Trinajstić information content (AvgIpc) is 2.90. The highest BCUT2D eigenvalue weighted by Crippen LogP contribution is 2.49. The lowest BCUT2D eigenvalue weighted by Gasteiger charge is -2.41. The summed E-state index contributed by atoms with van der Waals surface area (Å²) >= 11 is 0. The molecule has 2 saturated heterocycles. The van der Waals surface area contributed by atoms with Gasteiger partial charge < -0.3 is 14.5 Å². The van der Waals surface area contributed by atoms with Crippen molar-refractivity contribution in [2.45, 2.75) is 83.7 Å². The van der Waals surface area contributed by atoms with E-state index < -0.39 is 0 Å². The van der Waals surface area contributed by atoms with E-state index in [1.165, 1.54) is 94.4 Å². The predicted molar refractivity (Wildman–Crippen MR) is 145 cm³/mol. The van der Waals surface area contributed by atoms with Crippen molar-refractivity contribution in [3.8, 4) is 0 Å². The van der Waals surface area contributed by atoms with Gasteiger partial charge in [0.25, 0.3) is 0 Å². The first-order valence-electron chi connectivity index (χ1n) is 14.3. The Balaban J connectivity index is 1.39. The molecule has 34 heavy (non-hydrogen) atoms. The molecule has 3 fully saturated rings. The summed E-state index contributed by atoms with van der Waals surface area (Å²) in [7, 11) is 1.86. The number of ether oxygens (including phenoxy) is 1. The normalized spacial score (nSPS) is 24.5. The molecule has 1 aromatic carbocycles. The van der Waals surface area contributed by atoms with E-state index in [-0.39, 0.29) is 0 Å². The summed E-state index contributed by atoms with van der Waals surface area (Å²) in [6.45, 7) is 10.5. The zero-order valence-corrected chi connectivity index (χ0v) is 21.9. The quantitative estimate of drug-likeness (QED) is 0.487. The third kappa shape index (κ3) is 5.33. The van der Waals surface area contributed by atoms with Gasteiger partial charge in [0.1, 0.15) is 0 Å². The molecule has 0 amide bonds. The van der Waals surface area contributed by atoms with Gasteiger partial charge in [-0.25, -0.2) is 0 Å². The van der Waals surface area contributed by atoms with Gasteiger partial charge in [0.05, 0.1) is 6.10 Å². The Labute approximate surface area is 208 Å². The summed E-state index contributed by atoms with van der Waals surface area (Å²) in [5.74, 6) is 0. The number of anilines is 2. The van der Waals surface area contributed by atoms with Gasteiger partial charge in [-0.1, -0.05) is 32.3 Å². The number of benzene rings is 1. The van der Waals surface area contributed by atoms with Gasteiger partial charge >= 0.3 is 0 Å². The van der Waals surface area contributed by atoms with E-state index in [0.717, 1.165) is 39.0 Å². The molecule has 2 aliphatic carbocycles. The van der Waals surface area contributed by atoms with E-state index in [1.54, 1.807) is 5.57 Å². The molecule has 2 aliphatic heterocycles. The molecule has 1 aromatic rings. The highest BCUT2D eigenvalue weighted by Gasteiger charge is 2.34. The molecule has 5 rings (SSSR count). The number of piperazine rings is 1. The first-order chi connectivity index (χ1) is 16.7. The summed E-state index contributed by atoms with van der Waals surface area (Å²) in [6.07, 6.45) is 17.8. The maximum atomic E-state index is 5.63. The number of hydrogen-bond donors (Lipinski definition) is 0. The summed E-state index contributed by atoms with van der Waals surface area (Å²) in [5.41, 5.74) is 6.67. The van der Waals surface area contributed by atoms with Crippen molar-refractivity contribution in [2.75, 3.05) is 62.7 Å². The van der Waals surface area contributed by atoms with Gasteiger partial charge in [-0.15, -0.1) is 0 Å². The largest absolute Gasteiger partial charge is 0.381 e. The summed E-state index contributed by atoms with van der Waals surface area (Å²) < 4.78 is 5.63. The second-order valence-electron chi connectivity index (χ2n) is 11.4. The Hall–Kier alpha value is -1.52. The van der Waals surface area contributed by atoms with Crippen LogP contribution in [0.5, 0.6) is 0 Å². The van der Waals surface area contributed by atoms with E-state index in [4.69, 9.17) is 4.74 Å². The van der Waals surface area contributed by atoms with Crippen molar-refractivity contribution >= 4 is 16.9 Å². The van der Waals surface area contributed by atoms with Gasteiger partial charge in [-0.3, -0.25) is 4.90 Å². The molecular formula is C30H47N3O. The molecule has 1 saturated carbocycles. The van der Waals surface area contributed by atoms with Crippen molar-refractivity contribution in [3.63, 3.8) is 0 Å². The van der Waals surface area contributed by atoms with Crippen molar-refractivity contribution in [2.24, 2.45) is 5.41 Å². The van der Waals surface area contributed by atoms with Crippen LogP contribution in [0.15, 0.2) is 24.3 Å². The first-order valence-corrected chi connectivity index (χ1v) is 14.3. The minimum Gasteiger partial charge on any atom is -0.381 e. The number of allylic oxidation sites excluding steroid dienone is 2. The third-order valence-corrected chi connectivity index (χ3v) is 9.34. The number of nitrogens with zero attached hydrogens (tertiary/aromatic N) is 3. The predicted octanol–water partition coefficient (Wildman–Crippen LogP) is 6.35. The molecule has 0 aromatic heterocycles. The fourth-order valence-electron chi connectivity index (χ4n) is 7.08. The van der Waals surface area contributed by atoms with Crippen molar-refractivity contribution < 1.29 is 4.74 Å². The van der Waals surface area contributed by atoms with Crippen molar-refractivity contribution in [1.29, 1.82) is 0 Å². The van der Waals surface area contributed by atoms with Crippen LogP contribution in [0.1, 0.15) is 83.1 Å². The Bertz CT molecular complexity index is 827. The minimum absolute atomic E-state index is 0.433. The molecule has 0 bridgehead atoms. The number of hydrogen-bond acceptors (Lipinski definition) is 4. The zero-order chi connectivity index (χ0) is 23.4. The van der Waals surface area contributed by atoms with Crippen LogP contribution in [0.3, 0.4) is 0 Å². The van der Waals surface area contributed by atoms with Gasteiger partial charge in [-0.05, 0) is 87.1 Å². The highest BCUT2D eigenvalue weighted by atomic mass is 16.5. The molecule has 1 spiro atoms. The van der Waals surface area contributed by atoms with Crippen molar-refractivity contribution in [1.82, 2.24) is 4.90 Å². The highest BCUT2D eigenvalue weighted by molar-refractivity contribution is 5.80. The fraction of sp³-hybridized carbons (Fsp3) is 0.733. The van der Waals surface area contributed by atoms with Crippen LogP contribution >= 0.6 is 0 Å². The first kappa shape index (κ1) is 24.2. The summed E-state index contributed by atoms with van der Waals surface area (Å²) in [6, 6.07) is 7.40. The summed E-state index contributed by atoms with van der Waals surface area (Å²) in [4.78, 5) is 7.90. The fourth-order valence-corrected chi connectivity index (χ4v) is 7.08. The zero-order valence-electron chi connectivity index (χ0n) is 21.9. The maximum absolute atomic E-state index is 5.63. The SMILES string of the molecule is CCCN1CCN(c2ccc(N3CCC(OC)CC3)cc2C2=CCC3(CCCCC3)CC2)CC1. The number of piperidine rings is 1. The van der Waals surface area contributed by atoms with E-state index in [0.29, 0.717) is 11.5 Å². The lowest BCUT2D eigenvalue weighted by Crippen LogP contribution is -2.46. The number of methoxy groups -OCH3 is 1. The Kier molecular flexibility index (Phi) is 7.85. The van der Waals surface area contributed by atoms with E-state index >= 15 is 0 Å². The second-order valence-corrected chi connectivity index (χ2v) is 11.4. The molecule has 0 radical (unpaired) electrons. The van der Waals surface area contributed by atoms with Gasteiger partial charge in [0, 0.05) is 63.3 Å². The van der Waals surface area contributed by atoms with Crippen LogP contribution in [0.2, 0.25) is 0 Å². The monoisotopic (exact) mass is 465 g/mol. The molecule has 4 nitrogen and oxygen atoms in total. The maximum Gasteiger partial charge on any atom is 0.0605 e. The van der Waals surface area contributed by atoms with Crippen LogP contribution in [-0.2, 0) is 4.74 Å². The average molecular weight is 466 g/mol. The van der Waals surface area contributed by atoms with Crippen LogP contribution in [0.4, 0.5) is 11.4 Å². The van der Waals surface area contributed by atoms with Gasteiger partial charge in [0.2, 0.25) is 0 Å². The standard InChI is InChI=1S/C30H47N3O/c1-3-17-31-20-22-33(23-21-31)29-8-7-26(32-18-11-27(34-2)12-19-32)24-28(29)25-9-15-30(16-10-25)13-5-4-6-14-30/h7-9,24,27H,3-6,10-23H2,1-2H3. The molecule has 4 aliphatic rings. The van der Waals surface area contributed by atoms with Gasteiger partial charge in [-0.2, -0.15) is 0 Å². The molecule has 4 heteroatoms. The molecule has 2 heterocycles. The number of rotatable bonds is 6. The Morgan fingerprint density at radius 2 is 1.68 bits per heavy atom. The minimum atomic E-state index is 0.433.